The standard InChI is InChI=1S/C16H14F4O2S/c17-15(18,11-13-7-3-1-4-8-13)23(21,22)16(19,20)12-14-9-5-2-6-10-14/h1-10H,11-12H2. The van der Waals surface area contributed by atoms with Crippen LogP contribution in [0.25, 0.3) is 0 Å². The highest BCUT2D eigenvalue weighted by atomic mass is 32.2. The van der Waals surface area contributed by atoms with Crippen LogP contribution in [0.2, 0.25) is 0 Å². The van der Waals surface area contributed by atoms with Gasteiger partial charge < -0.3 is 0 Å². The van der Waals surface area contributed by atoms with Crippen LogP contribution in [-0.4, -0.2) is 18.9 Å². The van der Waals surface area contributed by atoms with E-state index in [4.69, 9.17) is 0 Å². The summed E-state index contributed by atoms with van der Waals surface area (Å²) >= 11 is 0. The molecule has 0 spiro atoms. The summed E-state index contributed by atoms with van der Waals surface area (Å²) in [4.78, 5) is 0. The molecule has 0 aliphatic rings. The van der Waals surface area contributed by atoms with Crippen molar-refractivity contribution >= 4 is 9.84 Å². The first kappa shape index (κ1) is 17.5. The van der Waals surface area contributed by atoms with Crippen molar-refractivity contribution in [1.82, 2.24) is 0 Å². The fourth-order valence-corrected chi connectivity index (χ4v) is 3.23. The van der Waals surface area contributed by atoms with Gasteiger partial charge in [-0.05, 0) is 11.1 Å². The topological polar surface area (TPSA) is 34.1 Å². The second-order valence-electron chi connectivity index (χ2n) is 5.10. The van der Waals surface area contributed by atoms with Crippen LogP contribution < -0.4 is 0 Å². The minimum Gasteiger partial charge on any atom is -0.216 e. The molecule has 2 aromatic carbocycles. The van der Waals surface area contributed by atoms with Gasteiger partial charge in [-0.25, -0.2) is 8.42 Å². The van der Waals surface area contributed by atoms with E-state index in [-0.39, 0.29) is 11.1 Å². The van der Waals surface area contributed by atoms with E-state index >= 15 is 0 Å². The molecule has 7 heteroatoms. The summed E-state index contributed by atoms with van der Waals surface area (Å²) in [7, 11) is -6.00. The monoisotopic (exact) mass is 346 g/mol. The highest BCUT2D eigenvalue weighted by molar-refractivity contribution is 7.93. The van der Waals surface area contributed by atoms with Crippen LogP contribution in [0.4, 0.5) is 17.6 Å². The van der Waals surface area contributed by atoms with Crippen molar-refractivity contribution in [2.75, 3.05) is 0 Å². The lowest BCUT2D eigenvalue weighted by Gasteiger charge is -2.24. The zero-order chi connectivity index (χ0) is 17.1. The van der Waals surface area contributed by atoms with E-state index in [2.05, 4.69) is 0 Å². The van der Waals surface area contributed by atoms with Crippen molar-refractivity contribution in [3.05, 3.63) is 71.8 Å². The van der Waals surface area contributed by atoms with E-state index < -0.39 is 33.2 Å². The Kier molecular flexibility index (Phi) is 4.79. The molecule has 0 N–H and O–H groups in total. The van der Waals surface area contributed by atoms with E-state index in [1.165, 1.54) is 48.5 Å². The van der Waals surface area contributed by atoms with Gasteiger partial charge in [-0.3, -0.25) is 0 Å². The number of sulfone groups is 1. The van der Waals surface area contributed by atoms with E-state index in [9.17, 15) is 26.0 Å². The molecule has 0 radical (unpaired) electrons. The molecule has 2 nitrogen and oxygen atoms in total. The van der Waals surface area contributed by atoms with Crippen LogP contribution in [0.5, 0.6) is 0 Å². The molecule has 0 amide bonds. The minimum atomic E-state index is -6.00. The summed E-state index contributed by atoms with van der Waals surface area (Å²) in [5, 5.41) is -9.13. The number of rotatable bonds is 6. The largest absolute Gasteiger partial charge is 0.355 e. The molecule has 0 saturated carbocycles. The molecule has 23 heavy (non-hydrogen) atoms. The van der Waals surface area contributed by atoms with Gasteiger partial charge in [0.05, 0.1) is 12.8 Å². The van der Waals surface area contributed by atoms with Gasteiger partial charge >= 0.3 is 10.5 Å². The van der Waals surface area contributed by atoms with Gasteiger partial charge in [0.2, 0.25) is 0 Å². The average molecular weight is 346 g/mol. The second kappa shape index (κ2) is 6.31. The number of benzene rings is 2. The maximum Gasteiger partial charge on any atom is 0.355 e. The Bertz CT molecular complexity index is 685. The molecule has 124 valence electrons. The van der Waals surface area contributed by atoms with Crippen LogP contribution >= 0.6 is 0 Å². The summed E-state index contributed by atoms with van der Waals surface area (Å²) in [5.74, 6) is 0. The molecule has 0 aliphatic heterocycles. The van der Waals surface area contributed by atoms with Gasteiger partial charge in [0.25, 0.3) is 9.84 Å². The van der Waals surface area contributed by atoms with Crippen LogP contribution in [-0.2, 0) is 22.7 Å². The van der Waals surface area contributed by atoms with Gasteiger partial charge in [-0.15, -0.1) is 0 Å². The molecule has 0 aliphatic carbocycles. The summed E-state index contributed by atoms with van der Waals surface area (Å²) in [5.41, 5.74) is -0.0619. The first-order chi connectivity index (χ1) is 10.7. The third-order valence-corrected chi connectivity index (χ3v) is 5.15. The average Bonchev–Trinajstić information content (AvgIpc) is 2.48. The predicted molar refractivity (Wildman–Crippen MR) is 79.1 cm³/mol. The minimum absolute atomic E-state index is 0.0309. The first-order valence-electron chi connectivity index (χ1n) is 6.73. The fourth-order valence-electron chi connectivity index (χ4n) is 2.08. The van der Waals surface area contributed by atoms with Crippen molar-refractivity contribution in [2.24, 2.45) is 0 Å². The molecule has 2 rings (SSSR count). The molecular formula is C16H14F4O2S. The van der Waals surface area contributed by atoms with Crippen molar-refractivity contribution in [2.45, 2.75) is 23.4 Å². The molecule has 2 aromatic rings. The van der Waals surface area contributed by atoms with E-state index in [1.54, 1.807) is 12.1 Å². The Morgan fingerprint density at radius 1 is 0.652 bits per heavy atom. The van der Waals surface area contributed by atoms with Gasteiger partial charge in [0, 0.05) is 0 Å². The molecular weight excluding hydrogens is 332 g/mol. The van der Waals surface area contributed by atoms with E-state index in [0.29, 0.717) is 0 Å². The normalized spacial score (nSPS) is 13.0. The van der Waals surface area contributed by atoms with Crippen molar-refractivity contribution in [1.29, 1.82) is 0 Å². The lowest BCUT2D eigenvalue weighted by molar-refractivity contribution is 0.0451. The highest BCUT2D eigenvalue weighted by Gasteiger charge is 2.60. The van der Waals surface area contributed by atoms with Crippen LogP contribution in [0.3, 0.4) is 0 Å². The maximum absolute atomic E-state index is 14.0. The number of halogens is 4. The van der Waals surface area contributed by atoms with Crippen molar-refractivity contribution in [3.8, 4) is 0 Å². The summed E-state index contributed by atoms with van der Waals surface area (Å²) in [6.45, 7) is 0. The van der Waals surface area contributed by atoms with Gasteiger partial charge in [-0.2, -0.15) is 17.6 Å². The third kappa shape index (κ3) is 3.72. The summed E-state index contributed by atoms with van der Waals surface area (Å²) in [6, 6.07) is 13.9. The van der Waals surface area contributed by atoms with Crippen LogP contribution in [0.1, 0.15) is 11.1 Å². The van der Waals surface area contributed by atoms with Crippen LogP contribution in [0.15, 0.2) is 60.7 Å². The Balaban J connectivity index is 2.27. The predicted octanol–water partition coefficient (Wildman–Crippen LogP) is 4.07. The highest BCUT2D eigenvalue weighted by Crippen LogP contribution is 2.39. The smallest absolute Gasteiger partial charge is 0.216 e. The SMILES string of the molecule is O=S(=O)(C(F)(F)Cc1ccccc1)C(F)(F)Cc1ccccc1. The summed E-state index contributed by atoms with van der Waals surface area (Å²) in [6.07, 6.45) is -2.58. The lowest BCUT2D eigenvalue weighted by atomic mass is 10.1. The summed E-state index contributed by atoms with van der Waals surface area (Å²) < 4.78 is 79.6. The van der Waals surface area contributed by atoms with Gasteiger partial charge in [-0.1, -0.05) is 60.7 Å². The van der Waals surface area contributed by atoms with Crippen molar-refractivity contribution in [3.63, 3.8) is 0 Å². The Morgan fingerprint density at radius 2 is 0.957 bits per heavy atom. The zero-order valence-electron chi connectivity index (χ0n) is 11.9. The molecule has 0 saturated heterocycles. The number of hydrogen-bond acceptors (Lipinski definition) is 2. The van der Waals surface area contributed by atoms with Gasteiger partial charge in [0.1, 0.15) is 0 Å². The number of alkyl halides is 4. The third-order valence-electron chi connectivity index (χ3n) is 3.29. The van der Waals surface area contributed by atoms with Crippen LogP contribution in [0, 0.1) is 0 Å². The lowest BCUT2D eigenvalue weighted by Crippen LogP contribution is -2.44. The zero-order valence-corrected chi connectivity index (χ0v) is 12.7. The quantitative estimate of drug-likeness (QED) is 0.739. The van der Waals surface area contributed by atoms with Crippen molar-refractivity contribution < 1.29 is 26.0 Å². The molecule has 0 fully saturated rings. The van der Waals surface area contributed by atoms with Gasteiger partial charge in [0.15, 0.2) is 0 Å². The Hall–Kier alpha value is -1.89. The second-order valence-corrected chi connectivity index (χ2v) is 7.30. The Morgan fingerprint density at radius 3 is 1.26 bits per heavy atom. The molecule has 0 bridgehead atoms. The maximum atomic E-state index is 14.0. The Labute approximate surface area is 131 Å². The van der Waals surface area contributed by atoms with E-state index in [0.717, 1.165) is 0 Å². The molecule has 0 atom stereocenters. The molecule has 0 heterocycles. The van der Waals surface area contributed by atoms with E-state index in [1.807, 2.05) is 0 Å². The first-order valence-corrected chi connectivity index (χ1v) is 8.22. The fraction of sp³-hybridized carbons (Fsp3) is 0.250. The molecule has 0 aromatic heterocycles. The number of hydrogen-bond donors (Lipinski definition) is 0. The molecule has 0 unspecified atom stereocenters.